The zero-order valence-electron chi connectivity index (χ0n) is 19.0. The van der Waals surface area contributed by atoms with Gasteiger partial charge in [-0.25, -0.2) is 0 Å². The number of nitrogens with zero attached hydrogens (tertiary/aromatic N) is 1. The van der Waals surface area contributed by atoms with E-state index in [1.54, 1.807) is 0 Å². The fourth-order valence-corrected chi connectivity index (χ4v) is 4.75. The van der Waals surface area contributed by atoms with E-state index in [1.807, 2.05) is 6.07 Å². The van der Waals surface area contributed by atoms with E-state index in [-0.39, 0.29) is 5.41 Å². The van der Waals surface area contributed by atoms with E-state index in [4.69, 9.17) is 0 Å². The van der Waals surface area contributed by atoms with Crippen LogP contribution in [0.1, 0.15) is 38.3 Å². The van der Waals surface area contributed by atoms with Crippen molar-refractivity contribution < 1.29 is 0 Å². The molecule has 0 bridgehead atoms. The normalized spacial score (nSPS) is 15.6. The molecule has 1 heteroatoms. The zero-order chi connectivity index (χ0) is 21.8. The maximum Gasteiger partial charge on any atom is 0.0403 e. The van der Waals surface area contributed by atoms with Crippen molar-refractivity contribution >= 4 is 22.0 Å². The van der Waals surface area contributed by atoms with Gasteiger partial charge in [-0.3, -0.25) is 0 Å². The Morgan fingerprint density at radius 3 is 2.29 bits per heavy atom. The summed E-state index contributed by atoms with van der Waals surface area (Å²) in [6.07, 6.45) is 13.9. The number of benzene rings is 3. The van der Waals surface area contributed by atoms with Gasteiger partial charge in [0.25, 0.3) is 0 Å². The van der Waals surface area contributed by atoms with E-state index in [9.17, 15) is 0 Å². The van der Waals surface area contributed by atoms with Crippen molar-refractivity contribution in [1.82, 2.24) is 0 Å². The smallest absolute Gasteiger partial charge is 0.0403 e. The Labute approximate surface area is 186 Å². The second-order valence-corrected chi connectivity index (χ2v) is 8.61. The van der Waals surface area contributed by atoms with Crippen LogP contribution in [0.2, 0.25) is 0 Å². The van der Waals surface area contributed by atoms with Gasteiger partial charge in [0.05, 0.1) is 0 Å². The lowest BCUT2D eigenvalue weighted by molar-refractivity contribution is 0.659. The second kappa shape index (κ2) is 8.81. The van der Waals surface area contributed by atoms with Crippen molar-refractivity contribution in [3.8, 4) is 0 Å². The molecule has 3 aromatic carbocycles. The molecule has 4 rings (SSSR count). The summed E-state index contributed by atoms with van der Waals surface area (Å²) in [4.78, 5) is 2.12. The van der Waals surface area contributed by atoms with Crippen LogP contribution in [-0.2, 0) is 5.41 Å². The first-order chi connectivity index (χ1) is 15.0. The van der Waals surface area contributed by atoms with Crippen molar-refractivity contribution in [2.45, 2.75) is 32.6 Å². The minimum Gasteiger partial charge on any atom is -0.351 e. The first-order valence-electron chi connectivity index (χ1n) is 11.1. The van der Waals surface area contributed by atoms with E-state index in [2.05, 4.69) is 130 Å². The minimum absolute atomic E-state index is 0.00472. The minimum atomic E-state index is -0.00472. The maximum atomic E-state index is 2.36. The fourth-order valence-electron chi connectivity index (χ4n) is 4.75. The summed E-state index contributed by atoms with van der Waals surface area (Å²) in [5, 5.41) is 2.70. The summed E-state index contributed by atoms with van der Waals surface area (Å²) in [5.41, 5.74) is 6.95. The Balaban J connectivity index is 1.56. The summed E-state index contributed by atoms with van der Waals surface area (Å²) in [6, 6.07) is 23.7. The first-order valence-corrected chi connectivity index (χ1v) is 11.1. The number of fused-ring (bicyclic) bond motifs is 3. The predicted molar refractivity (Wildman–Crippen MR) is 136 cm³/mol. The lowest BCUT2D eigenvalue weighted by Crippen LogP contribution is -2.16. The van der Waals surface area contributed by atoms with Gasteiger partial charge in [0, 0.05) is 24.4 Å². The van der Waals surface area contributed by atoms with Gasteiger partial charge in [-0.2, -0.15) is 0 Å². The van der Waals surface area contributed by atoms with Crippen LogP contribution in [0.3, 0.4) is 0 Å². The summed E-state index contributed by atoms with van der Waals surface area (Å²) in [7, 11) is 2.07. The van der Waals surface area contributed by atoms with Gasteiger partial charge in [0.1, 0.15) is 0 Å². The van der Waals surface area contributed by atoms with E-state index in [1.165, 1.54) is 38.7 Å². The van der Waals surface area contributed by atoms with Crippen LogP contribution in [0.25, 0.3) is 16.3 Å². The van der Waals surface area contributed by atoms with Crippen molar-refractivity contribution in [3.63, 3.8) is 0 Å². The number of hydrogen-bond donors (Lipinski definition) is 0. The number of rotatable bonds is 6. The summed E-state index contributed by atoms with van der Waals surface area (Å²) >= 11 is 0. The molecule has 0 radical (unpaired) electrons. The van der Waals surface area contributed by atoms with Gasteiger partial charge >= 0.3 is 0 Å². The first kappa shape index (κ1) is 20.9. The number of para-hydroxylation sites is 1. The molecule has 0 atom stereocenters. The van der Waals surface area contributed by atoms with Crippen LogP contribution in [0.15, 0.2) is 109 Å². The molecular formula is C30H31N. The van der Waals surface area contributed by atoms with Crippen LogP contribution in [0.4, 0.5) is 5.69 Å². The van der Waals surface area contributed by atoms with Gasteiger partial charge in [-0.05, 0) is 57.7 Å². The SMILES string of the molecule is CCC1=C(/C=C/C=C/C=C/N(C)c2ccccc2)C(C)(C)c2c1ccc1ccccc21. The molecule has 156 valence electrons. The molecule has 0 amide bonds. The van der Waals surface area contributed by atoms with Crippen molar-refractivity contribution in [2.75, 3.05) is 11.9 Å². The van der Waals surface area contributed by atoms with E-state index < -0.39 is 0 Å². The fraction of sp³-hybridized carbons (Fsp3) is 0.200. The van der Waals surface area contributed by atoms with Crippen LogP contribution in [-0.4, -0.2) is 7.05 Å². The zero-order valence-corrected chi connectivity index (χ0v) is 19.0. The van der Waals surface area contributed by atoms with Gasteiger partial charge in [-0.15, -0.1) is 0 Å². The third-order valence-electron chi connectivity index (χ3n) is 6.30. The molecule has 0 fully saturated rings. The highest BCUT2D eigenvalue weighted by Gasteiger charge is 2.36. The molecule has 0 N–H and O–H groups in total. The van der Waals surface area contributed by atoms with E-state index in [0.29, 0.717) is 0 Å². The standard InChI is InChI=1S/C30H31N/c1-5-25-27-21-20-23-15-12-13-18-26(23)29(27)30(2,3)28(25)19-11-6-7-14-22-31(4)24-16-9-8-10-17-24/h6-22H,5H2,1-4H3/b7-6+,19-11+,22-14+. The average Bonchev–Trinajstić information content (AvgIpc) is 3.02. The Morgan fingerprint density at radius 1 is 0.806 bits per heavy atom. The van der Waals surface area contributed by atoms with Crippen LogP contribution >= 0.6 is 0 Å². The molecule has 0 heterocycles. The van der Waals surface area contributed by atoms with Crippen molar-refractivity contribution in [2.24, 2.45) is 0 Å². The Kier molecular flexibility index (Phi) is 5.95. The number of allylic oxidation sites excluding steroid dienone is 7. The predicted octanol–water partition coefficient (Wildman–Crippen LogP) is 8.06. The number of anilines is 1. The van der Waals surface area contributed by atoms with E-state index >= 15 is 0 Å². The molecule has 0 aliphatic heterocycles. The molecule has 0 spiro atoms. The van der Waals surface area contributed by atoms with Crippen molar-refractivity contribution in [1.29, 1.82) is 0 Å². The van der Waals surface area contributed by atoms with Gasteiger partial charge in [0.15, 0.2) is 0 Å². The molecule has 31 heavy (non-hydrogen) atoms. The molecular weight excluding hydrogens is 374 g/mol. The summed E-state index contributed by atoms with van der Waals surface area (Å²) < 4.78 is 0. The quantitative estimate of drug-likeness (QED) is 0.375. The lowest BCUT2D eigenvalue weighted by atomic mass is 9.79. The monoisotopic (exact) mass is 405 g/mol. The molecule has 0 saturated heterocycles. The number of hydrogen-bond acceptors (Lipinski definition) is 1. The molecule has 0 saturated carbocycles. The lowest BCUT2D eigenvalue weighted by Gasteiger charge is -2.24. The molecule has 1 aliphatic rings. The van der Waals surface area contributed by atoms with Gasteiger partial charge in [-0.1, -0.05) is 99.7 Å². The molecule has 1 nitrogen and oxygen atoms in total. The van der Waals surface area contributed by atoms with Crippen LogP contribution in [0.5, 0.6) is 0 Å². The third kappa shape index (κ3) is 4.01. The van der Waals surface area contributed by atoms with Crippen LogP contribution in [0, 0.1) is 0 Å². The van der Waals surface area contributed by atoms with E-state index in [0.717, 1.165) is 6.42 Å². The highest BCUT2D eigenvalue weighted by atomic mass is 15.1. The van der Waals surface area contributed by atoms with Crippen LogP contribution < -0.4 is 4.90 Å². The molecule has 1 aliphatic carbocycles. The Hall–Kier alpha value is -3.32. The maximum absolute atomic E-state index is 2.36. The summed E-state index contributed by atoms with van der Waals surface area (Å²) in [5.74, 6) is 0. The second-order valence-electron chi connectivity index (χ2n) is 8.61. The molecule has 0 unspecified atom stereocenters. The van der Waals surface area contributed by atoms with Gasteiger partial charge < -0.3 is 4.90 Å². The Bertz CT molecular complexity index is 1190. The van der Waals surface area contributed by atoms with Crippen molar-refractivity contribution in [3.05, 3.63) is 120 Å². The molecule has 0 aromatic heterocycles. The third-order valence-corrected chi connectivity index (χ3v) is 6.30. The Morgan fingerprint density at radius 2 is 1.52 bits per heavy atom. The van der Waals surface area contributed by atoms with Gasteiger partial charge in [0.2, 0.25) is 0 Å². The summed E-state index contributed by atoms with van der Waals surface area (Å²) in [6.45, 7) is 6.99. The largest absolute Gasteiger partial charge is 0.351 e. The molecule has 3 aromatic rings. The highest BCUT2D eigenvalue weighted by molar-refractivity contribution is 5.96. The average molecular weight is 406 g/mol. The highest BCUT2D eigenvalue weighted by Crippen LogP contribution is 2.50. The topological polar surface area (TPSA) is 3.24 Å².